The average Bonchev–Trinajstić information content (AvgIpc) is 1.63. The molecule has 4 aliphatic rings. The third kappa shape index (κ3) is 26.0. The maximum atomic E-state index is 14.1. The number of aliphatic hydroxyl groups is 10. The fourth-order valence-electron chi connectivity index (χ4n) is 14.4. The summed E-state index contributed by atoms with van der Waals surface area (Å²) in [7, 11) is -5.86. The predicted octanol–water partition coefficient (Wildman–Crippen LogP) is 5.57. The zero-order chi connectivity index (χ0) is 102. The number of imidazole rings is 4. The molecule has 4 fully saturated rings. The topological polar surface area (TPSA) is 576 Å². The molecule has 56 heteroatoms. The predicted molar refractivity (Wildman–Crippen MR) is 470 cm³/mol. The molecule has 16 N–H and O–H groups in total. The molecular weight excluding hydrogens is 1950 g/mol. The molecule has 11 aromatic rings. The minimum atomic E-state index is -6.04. The first-order chi connectivity index (χ1) is 65.9. The second-order valence-electron chi connectivity index (χ2n) is 28.8. The highest BCUT2D eigenvalue weighted by molar-refractivity contribution is 8.14. The van der Waals surface area contributed by atoms with E-state index in [4.69, 9.17) is 117 Å². The molecule has 0 amide bonds. The van der Waals surface area contributed by atoms with Crippen molar-refractivity contribution in [3.05, 3.63) is 148 Å². The van der Waals surface area contributed by atoms with Crippen LogP contribution < -0.4 is 31.5 Å². The van der Waals surface area contributed by atoms with Gasteiger partial charge >= 0.3 is 31.6 Å². The molecule has 0 aliphatic carbocycles. The Balaban J connectivity index is 0.000000235. The lowest BCUT2D eigenvalue weighted by atomic mass is 9.71. The monoisotopic (exact) mass is 2060 g/mol. The zero-order valence-electron chi connectivity index (χ0n) is 77.8. The van der Waals surface area contributed by atoms with Gasteiger partial charge in [0, 0.05) is 77.4 Å². The van der Waals surface area contributed by atoms with E-state index >= 15 is 0 Å². The van der Waals surface area contributed by atoms with Crippen molar-refractivity contribution in [3.63, 3.8) is 0 Å². The van der Waals surface area contributed by atoms with E-state index in [0.29, 0.717) is 48.3 Å². The standard InChI is InChI=1S/C21H20O.C17H23ClF3N5O6S.C16H24ClN5O4.C10H11ClFN5O3.C10H12ClN5O4.C2H5Cl.CClF3O2S.FH/c1-21(17-9-5-3-6-10-17,18-11-7-4-8-12-18)19-13-15-20(22-2)16-14-19;1-2-22-13-11-14(25-16(18)24-13)26(8-23-11)15-12(32-33(29,30)17(19,20)21)9(5-7-28)10(31-15)4-3-6-27;1-2-18-13-11-14(21-16(17)20-13)22(8-19-11)15-12(25)9(5-7-24)10(26-15)4-3-6-23;11-10-15-7(13)5-8(16-10)17(2-14-5)9-4(12)6(19)3(1-18)20-9;11-10-14-7(12)4-8(15-10)16(2-13-4)9-6(19)5(18)3(1-17)20-9;1-2-3;2-8(6,7)1(3,4)5;/h3-16H,1-2H3;8-10,12,15,27-28H,2-7H2,1H3,(H,22,24,25);8-10,12,15,23-25H,2-7H2,1H3,(H,18,20,21);2-4,6,9,18-19H,1H2,(H2,13,15,16);2-3,5-6,9,17-19H,1H2,(H2,12,14,15);2H2,1H3;;1H/i;1T,27T,28T;1T,23T,24T;12-1;;2T;;1-1. The van der Waals surface area contributed by atoms with Crippen molar-refractivity contribution in [2.75, 3.05) is 87.8 Å². The van der Waals surface area contributed by atoms with Crippen LogP contribution >= 0.6 is 68.7 Å². The molecule has 0 radical (unpaired) electrons. The third-order valence-electron chi connectivity index (χ3n) is 20.7. The SMILES string of the molecule is COc1ccc(C(C)(c2ccccc2)c2ccccc2)cc1.Nc1nc(Cl)nc2c1ncn2C1OC(CO)C(O)C1O.Nc1nc(Cl)nc2c1ncn2C1OC(CO)C(O)C1[18F].O=S(=O)(Cl)C(F)(F)F.[18F-].[3H]C(C)Cl.[3H]CCNc1nc(Cl)nc2c1ncn2C1OC(CCCO[3H])C(CCO[3H])C1O.[3H]CCNc1nc(Cl)nc2c1ncn2C1OC(CCCO[3H])C(CCO[3H])C1OS(=O)(=O)C(F)(F)F.[H+]. The molecule has 4 aliphatic heterocycles. The molecule has 133 heavy (non-hydrogen) atoms. The highest BCUT2D eigenvalue weighted by Crippen LogP contribution is 2.46. The highest BCUT2D eigenvalue weighted by Gasteiger charge is 2.56. The van der Waals surface area contributed by atoms with Crippen LogP contribution in [0.5, 0.6) is 5.75 Å². The molecule has 12 heterocycles. The number of halogens is 14. The van der Waals surface area contributed by atoms with Gasteiger partial charge in [0.25, 0.3) is 0 Å². The molecular formula is C77H96Cl6F8N20O20S2. The summed E-state index contributed by atoms with van der Waals surface area (Å²) in [6.07, 6.45) is -8.18. The number of hydrogen-bond donors (Lipinski definition) is 14. The number of fused-ring (bicyclic) bond motifs is 4. The first-order valence-electron chi connectivity index (χ1n) is 43.1. The third-order valence-corrected chi connectivity index (χ3v) is 23.5. The van der Waals surface area contributed by atoms with Crippen LogP contribution in [0.3, 0.4) is 0 Å². The van der Waals surface area contributed by atoms with Gasteiger partial charge in [0.1, 0.15) is 59.5 Å². The van der Waals surface area contributed by atoms with E-state index in [0.717, 1.165) is 5.75 Å². The number of anilines is 4. The Morgan fingerprint density at radius 1 is 0.526 bits per heavy atom. The number of aromatic nitrogens is 16. The van der Waals surface area contributed by atoms with Gasteiger partial charge in [-0.1, -0.05) is 79.7 Å². The van der Waals surface area contributed by atoms with Crippen molar-refractivity contribution in [1.29, 1.82) is 5.72 Å². The van der Waals surface area contributed by atoms with Crippen molar-refractivity contribution in [1.82, 2.24) is 78.1 Å². The summed E-state index contributed by atoms with van der Waals surface area (Å²) in [5.74, 6) is -0.0331. The Morgan fingerprint density at radius 3 is 1.30 bits per heavy atom. The van der Waals surface area contributed by atoms with Gasteiger partial charge in [0.15, 0.2) is 88.0 Å². The van der Waals surface area contributed by atoms with Crippen LogP contribution in [-0.4, -0.2) is 290 Å². The number of nitrogens with two attached hydrogens (primary N) is 2. The van der Waals surface area contributed by atoms with Gasteiger partial charge in [-0.25, -0.2) is 32.7 Å². The number of nitrogens with zero attached hydrogens (tertiary/aromatic N) is 16. The summed E-state index contributed by atoms with van der Waals surface area (Å²) < 4.78 is 216. The summed E-state index contributed by atoms with van der Waals surface area (Å²) in [5, 5.41) is 81.3. The Kier molecular flexibility index (Phi) is 36.3. The first-order valence-corrected chi connectivity index (χ1v) is 45.1. The lowest BCUT2D eigenvalue weighted by Crippen LogP contribution is -3.00. The number of ether oxygens (including phenoxy) is 5. The van der Waals surface area contributed by atoms with E-state index < -0.39 is 135 Å². The van der Waals surface area contributed by atoms with E-state index in [1.54, 1.807) is 18.6 Å². The Hall–Kier alpha value is -8.66. The molecule has 3 aromatic carbocycles. The van der Waals surface area contributed by atoms with Gasteiger partial charge in [-0.3, -0.25) is 22.5 Å². The van der Waals surface area contributed by atoms with Crippen LogP contribution in [0, 0.1) is 11.8 Å². The molecule has 17 atom stereocenters. The van der Waals surface area contributed by atoms with Crippen molar-refractivity contribution in [3.8, 4) is 5.75 Å². The van der Waals surface area contributed by atoms with Crippen molar-refractivity contribution in [2.24, 2.45) is 11.8 Å². The average molecular weight is 2060 g/mol. The fourth-order valence-corrected chi connectivity index (χ4v) is 15.8. The minimum Gasteiger partial charge on any atom is -1.00 e. The Bertz CT molecular complexity index is 5830. The maximum Gasteiger partial charge on any atom is 1.00 e. The quantitative estimate of drug-likeness (QED) is 0.00382. The maximum absolute atomic E-state index is 14.1. The van der Waals surface area contributed by atoms with Gasteiger partial charge in [0.05, 0.1) is 57.8 Å². The molecule has 0 spiro atoms. The number of aliphatic hydroxyl groups excluding tert-OH is 10. The van der Waals surface area contributed by atoms with Crippen LogP contribution in [-0.2, 0) is 47.7 Å². The molecule has 0 bridgehead atoms. The Morgan fingerprint density at radius 2 is 0.895 bits per heavy atom. The van der Waals surface area contributed by atoms with Gasteiger partial charge in [-0.05, 0) is 134 Å². The molecule has 4 saturated heterocycles. The van der Waals surface area contributed by atoms with Crippen LogP contribution in [0.25, 0.3) is 44.7 Å². The minimum absolute atomic E-state index is 0. The Labute approximate surface area is 794 Å². The van der Waals surface area contributed by atoms with Gasteiger partial charge in [-0.15, -0.1) is 11.6 Å². The van der Waals surface area contributed by atoms with Gasteiger partial charge in [-0.2, -0.15) is 74.6 Å². The van der Waals surface area contributed by atoms with E-state index in [-0.39, 0.29) is 156 Å². The van der Waals surface area contributed by atoms with Crippen LogP contribution in [0.15, 0.2) is 110 Å². The smallest absolute Gasteiger partial charge is 1.00 e. The second-order valence-corrected chi connectivity index (χ2v) is 34.7. The number of rotatable bonds is 30. The number of hydrogen-bond acceptors (Lipinski definition) is 36. The lowest BCUT2D eigenvalue weighted by Gasteiger charge is -2.32. The van der Waals surface area contributed by atoms with Crippen LogP contribution in [0.2, 0.25) is 21.1 Å². The zero-order valence-corrected chi connectivity index (χ0v) is 76.0. The van der Waals surface area contributed by atoms with E-state index in [2.05, 4.69) is 181 Å². The van der Waals surface area contributed by atoms with Gasteiger partial charge in [0.2, 0.25) is 26.9 Å². The van der Waals surface area contributed by atoms with Crippen LogP contribution in [0.4, 0.5) is 54.0 Å². The largest absolute Gasteiger partial charge is 1.00 e. The first kappa shape index (κ1) is 98.8. The van der Waals surface area contributed by atoms with E-state index in [1.807, 2.05) is 12.1 Å². The highest BCUT2D eigenvalue weighted by atomic mass is 35.7. The summed E-state index contributed by atoms with van der Waals surface area (Å²) >= 11 is 28.5. The number of nitrogens with one attached hydrogen (secondary N) is 2. The lowest BCUT2D eigenvalue weighted by molar-refractivity contribution is -0.0678. The second kappa shape index (κ2) is 48.9. The molecule has 0 saturated carbocycles. The molecule has 734 valence electrons. The number of methoxy groups -OCH3 is 1. The van der Waals surface area contributed by atoms with E-state index in [1.165, 1.54) is 55.7 Å². The molecule has 15 rings (SSSR count). The number of nitrogen functional groups attached to an aromatic ring is 2. The molecule has 40 nitrogen and oxygen atoms in total. The molecule has 17 unspecified atom stereocenters. The fraction of sp³-hybridized carbons (Fsp3) is 0.506. The summed E-state index contributed by atoms with van der Waals surface area (Å²) in [4.78, 5) is 48.4. The van der Waals surface area contributed by atoms with Crippen molar-refractivity contribution < 1.29 is 137 Å². The van der Waals surface area contributed by atoms with Gasteiger partial charge < -0.3 is 102 Å². The normalized spacial score (nSPS) is 23.8. The number of alkyl halides is 8. The summed E-state index contributed by atoms with van der Waals surface area (Å²) in [5.41, 5.74) is 6.05. The number of benzene rings is 3. The van der Waals surface area contributed by atoms with Crippen molar-refractivity contribution in [2.45, 2.75) is 169 Å². The molecule has 8 aromatic heterocycles. The summed E-state index contributed by atoms with van der Waals surface area (Å²) in [6, 6.07) is 29.6. The summed E-state index contributed by atoms with van der Waals surface area (Å²) in [6.45, 7) is 3.91. The van der Waals surface area contributed by atoms with Crippen molar-refractivity contribution >= 4 is 156 Å². The van der Waals surface area contributed by atoms with E-state index in [9.17, 15) is 68.0 Å². The van der Waals surface area contributed by atoms with Crippen LogP contribution in [0.1, 0.15) is 113 Å².